The maximum absolute atomic E-state index is 13.3. The fourth-order valence-electron chi connectivity index (χ4n) is 4.66. The molecule has 33 heavy (non-hydrogen) atoms. The second-order valence-corrected chi connectivity index (χ2v) is 10.1. The van der Waals surface area contributed by atoms with Crippen molar-refractivity contribution in [3.05, 3.63) is 59.9 Å². The smallest absolute Gasteiger partial charge is 0.410 e. The van der Waals surface area contributed by atoms with Crippen molar-refractivity contribution in [2.75, 3.05) is 39.3 Å². The van der Waals surface area contributed by atoms with Gasteiger partial charge in [0.15, 0.2) is 0 Å². The van der Waals surface area contributed by atoms with Gasteiger partial charge in [-0.05, 0) is 51.3 Å². The molecule has 0 spiro atoms. The number of carbonyl (C=O) groups is 2. The number of carbonyl (C=O) groups excluding carboxylic acids is 2. The summed E-state index contributed by atoms with van der Waals surface area (Å²) in [5, 5.41) is 0. The summed E-state index contributed by atoms with van der Waals surface area (Å²) in [6.07, 6.45) is 3.39. The van der Waals surface area contributed by atoms with Crippen LogP contribution in [0.25, 0.3) is 0 Å². The summed E-state index contributed by atoms with van der Waals surface area (Å²) in [7, 11) is 0. The van der Waals surface area contributed by atoms with Gasteiger partial charge in [-0.3, -0.25) is 9.69 Å². The predicted octanol–water partition coefficient (Wildman–Crippen LogP) is 4.02. The van der Waals surface area contributed by atoms with Crippen LogP contribution in [-0.4, -0.2) is 76.1 Å². The lowest BCUT2D eigenvalue weighted by atomic mass is 10.0. The molecule has 0 atom stereocenters. The molecular weight excluding hydrogens is 416 g/mol. The van der Waals surface area contributed by atoms with Crippen molar-refractivity contribution in [2.45, 2.75) is 51.8 Å². The minimum absolute atomic E-state index is 0.105. The normalized spacial score (nSPS) is 18.4. The number of nitrogens with zero attached hydrogens (tertiary/aromatic N) is 4. The van der Waals surface area contributed by atoms with Gasteiger partial charge in [-0.2, -0.15) is 0 Å². The van der Waals surface area contributed by atoms with Gasteiger partial charge in [0, 0.05) is 58.1 Å². The van der Waals surface area contributed by atoms with E-state index in [9.17, 15) is 9.59 Å². The third-order valence-electron chi connectivity index (χ3n) is 6.42. The van der Waals surface area contributed by atoms with E-state index in [4.69, 9.17) is 4.74 Å². The minimum Gasteiger partial charge on any atom is -0.444 e. The van der Waals surface area contributed by atoms with Crippen molar-refractivity contribution in [1.82, 2.24) is 19.3 Å². The topological polar surface area (TPSA) is 58.0 Å². The maximum Gasteiger partial charge on any atom is 0.410 e. The predicted molar refractivity (Wildman–Crippen MR) is 128 cm³/mol. The van der Waals surface area contributed by atoms with Crippen LogP contribution < -0.4 is 0 Å². The van der Waals surface area contributed by atoms with E-state index >= 15 is 0 Å². The molecule has 0 aliphatic carbocycles. The zero-order chi connectivity index (χ0) is 23.4. The lowest BCUT2D eigenvalue weighted by Crippen LogP contribution is -2.49. The van der Waals surface area contributed by atoms with Crippen molar-refractivity contribution in [3.63, 3.8) is 0 Å². The van der Waals surface area contributed by atoms with Gasteiger partial charge < -0.3 is 19.1 Å². The lowest BCUT2D eigenvalue weighted by Gasteiger charge is -2.36. The van der Waals surface area contributed by atoms with Crippen LogP contribution >= 0.6 is 0 Å². The van der Waals surface area contributed by atoms with Gasteiger partial charge >= 0.3 is 6.09 Å². The molecule has 2 saturated heterocycles. The molecule has 0 unspecified atom stereocenters. The summed E-state index contributed by atoms with van der Waals surface area (Å²) in [4.78, 5) is 31.8. The zero-order valence-corrected chi connectivity index (χ0v) is 20.1. The van der Waals surface area contributed by atoms with Crippen LogP contribution in [0.5, 0.6) is 0 Å². The Kier molecular flexibility index (Phi) is 7.08. The van der Waals surface area contributed by atoms with Gasteiger partial charge in [0.25, 0.3) is 5.91 Å². The molecule has 4 rings (SSSR count). The molecule has 1 aromatic carbocycles. The average molecular weight is 453 g/mol. The summed E-state index contributed by atoms with van der Waals surface area (Å²) < 4.78 is 7.62. The standard InChI is InChI=1S/C26H36N4O3/c1-26(2,3)33-25(32)29-14-11-22(12-15-29)30-13-7-10-23(30)24(31)28-18-16-27(17-19-28)20-21-8-5-4-6-9-21/h4-10,13,22H,11-12,14-20H2,1-3H3. The molecular formula is C26H36N4O3. The molecule has 0 radical (unpaired) electrons. The number of likely N-dealkylation sites (tertiary alicyclic amines) is 1. The molecule has 0 N–H and O–H groups in total. The maximum atomic E-state index is 13.3. The van der Waals surface area contributed by atoms with Gasteiger partial charge in [-0.15, -0.1) is 0 Å². The Bertz CT molecular complexity index is 934. The quantitative estimate of drug-likeness (QED) is 0.703. The third kappa shape index (κ3) is 5.96. The van der Waals surface area contributed by atoms with E-state index in [-0.39, 0.29) is 18.0 Å². The first kappa shape index (κ1) is 23.4. The number of hydrogen-bond donors (Lipinski definition) is 0. The van der Waals surface area contributed by atoms with Gasteiger partial charge in [-0.1, -0.05) is 30.3 Å². The van der Waals surface area contributed by atoms with Gasteiger partial charge in [0.2, 0.25) is 0 Å². The highest BCUT2D eigenvalue weighted by atomic mass is 16.6. The number of aromatic nitrogens is 1. The van der Waals surface area contributed by atoms with E-state index in [2.05, 4.69) is 33.7 Å². The first-order valence-corrected chi connectivity index (χ1v) is 12.0. The van der Waals surface area contributed by atoms with Crippen molar-refractivity contribution in [2.24, 2.45) is 0 Å². The summed E-state index contributed by atoms with van der Waals surface area (Å²) in [6, 6.07) is 14.6. The summed E-state index contributed by atoms with van der Waals surface area (Å²) in [5.74, 6) is 0.105. The largest absolute Gasteiger partial charge is 0.444 e. The van der Waals surface area contributed by atoms with Crippen molar-refractivity contribution >= 4 is 12.0 Å². The second-order valence-electron chi connectivity index (χ2n) is 10.1. The van der Waals surface area contributed by atoms with E-state index in [1.54, 1.807) is 4.90 Å². The highest BCUT2D eigenvalue weighted by Crippen LogP contribution is 2.26. The van der Waals surface area contributed by atoms with Crippen LogP contribution in [0.1, 0.15) is 55.7 Å². The number of hydrogen-bond acceptors (Lipinski definition) is 4. The first-order valence-electron chi connectivity index (χ1n) is 12.0. The number of ether oxygens (including phenoxy) is 1. The lowest BCUT2D eigenvalue weighted by molar-refractivity contribution is 0.0186. The van der Waals surface area contributed by atoms with E-state index in [1.165, 1.54) is 5.56 Å². The Balaban J connectivity index is 1.31. The van der Waals surface area contributed by atoms with E-state index in [0.717, 1.165) is 51.3 Å². The first-order chi connectivity index (χ1) is 15.8. The molecule has 2 aliphatic heterocycles. The van der Waals surface area contributed by atoms with Gasteiger partial charge in [-0.25, -0.2) is 4.79 Å². The number of amides is 2. The van der Waals surface area contributed by atoms with Crippen LogP contribution in [0.2, 0.25) is 0 Å². The Morgan fingerprint density at radius 3 is 2.18 bits per heavy atom. The molecule has 0 saturated carbocycles. The molecule has 0 bridgehead atoms. The number of piperidine rings is 1. The third-order valence-corrected chi connectivity index (χ3v) is 6.42. The molecule has 2 fully saturated rings. The zero-order valence-electron chi connectivity index (χ0n) is 20.1. The number of rotatable bonds is 4. The average Bonchev–Trinajstić information content (AvgIpc) is 3.29. The number of piperazine rings is 1. The Morgan fingerprint density at radius 2 is 1.55 bits per heavy atom. The summed E-state index contributed by atoms with van der Waals surface area (Å²) in [6.45, 7) is 11.1. The Hall–Kier alpha value is -2.80. The SMILES string of the molecule is CC(C)(C)OC(=O)N1CCC(n2cccc2C(=O)N2CCN(Cc3ccccc3)CC2)CC1. The monoisotopic (exact) mass is 452 g/mol. The van der Waals surface area contributed by atoms with Crippen molar-refractivity contribution in [1.29, 1.82) is 0 Å². The molecule has 7 heteroatoms. The highest BCUT2D eigenvalue weighted by molar-refractivity contribution is 5.93. The van der Waals surface area contributed by atoms with E-state index < -0.39 is 5.60 Å². The highest BCUT2D eigenvalue weighted by Gasteiger charge is 2.30. The molecule has 3 heterocycles. The minimum atomic E-state index is -0.487. The van der Waals surface area contributed by atoms with Crippen molar-refractivity contribution < 1.29 is 14.3 Å². The molecule has 2 amide bonds. The van der Waals surface area contributed by atoms with Crippen LogP contribution in [-0.2, 0) is 11.3 Å². The molecule has 7 nitrogen and oxygen atoms in total. The fourth-order valence-corrected chi connectivity index (χ4v) is 4.66. The fraction of sp³-hybridized carbons (Fsp3) is 0.538. The molecule has 178 valence electrons. The summed E-state index contributed by atoms with van der Waals surface area (Å²) in [5.41, 5.74) is 1.57. The Morgan fingerprint density at radius 1 is 0.879 bits per heavy atom. The molecule has 2 aromatic rings. The van der Waals surface area contributed by atoms with Crippen LogP contribution in [0.15, 0.2) is 48.7 Å². The van der Waals surface area contributed by atoms with Gasteiger partial charge in [0.05, 0.1) is 0 Å². The van der Waals surface area contributed by atoms with E-state index in [1.807, 2.05) is 50.1 Å². The van der Waals surface area contributed by atoms with Crippen LogP contribution in [0.4, 0.5) is 4.79 Å². The van der Waals surface area contributed by atoms with Crippen molar-refractivity contribution in [3.8, 4) is 0 Å². The van der Waals surface area contributed by atoms with Gasteiger partial charge in [0.1, 0.15) is 11.3 Å². The Labute approximate surface area is 196 Å². The molecule has 2 aliphatic rings. The summed E-state index contributed by atoms with van der Waals surface area (Å²) >= 11 is 0. The second kappa shape index (κ2) is 10.00. The number of benzene rings is 1. The van der Waals surface area contributed by atoms with Crippen LogP contribution in [0.3, 0.4) is 0 Å². The molecule has 1 aromatic heterocycles. The van der Waals surface area contributed by atoms with Crippen LogP contribution in [0, 0.1) is 0 Å². The van der Waals surface area contributed by atoms with E-state index in [0.29, 0.717) is 13.1 Å².